The number of methoxy groups -OCH3 is 1. The van der Waals surface area contributed by atoms with Crippen molar-refractivity contribution in [2.75, 3.05) is 12.4 Å². The lowest BCUT2D eigenvalue weighted by Gasteiger charge is -2.11. The predicted molar refractivity (Wildman–Crippen MR) is 112 cm³/mol. The number of hydrogen-bond acceptors (Lipinski definition) is 6. The van der Waals surface area contributed by atoms with E-state index >= 15 is 0 Å². The minimum absolute atomic E-state index is 0.225. The first-order chi connectivity index (χ1) is 13.7. The average Bonchev–Trinajstić information content (AvgIpc) is 3.20. The average molecular weight is 390 g/mol. The van der Waals surface area contributed by atoms with Crippen LogP contribution in [0.25, 0.3) is 21.3 Å². The van der Waals surface area contributed by atoms with Gasteiger partial charge in [-0.15, -0.1) is 21.5 Å². The molecule has 0 aliphatic heterocycles. The minimum Gasteiger partial charge on any atom is -0.496 e. The third-order valence-electron chi connectivity index (χ3n) is 4.34. The third-order valence-corrected chi connectivity index (χ3v) is 5.26. The molecule has 7 heteroatoms. The standard InChI is InChI=1S/C21H18N4O2S/c1-27-17-5-3-2-4-15(17)19-20-16(10-11-28-20)21(25-24-19)23-14-8-6-13(7-9-14)12-18(22)26/h2-11H,12H2,1H3,(H2,22,26)(H,23,25). The zero-order valence-corrected chi connectivity index (χ0v) is 16.0. The molecule has 0 bridgehead atoms. The summed E-state index contributed by atoms with van der Waals surface area (Å²) in [6, 6.07) is 17.3. The Kier molecular flexibility index (Phi) is 4.90. The van der Waals surface area contributed by atoms with Gasteiger partial charge < -0.3 is 15.8 Å². The molecule has 6 nitrogen and oxygen atoms in total. The van der Waals surface area contributed by atoms with E-state index < -0.39 is 0 Å². The second kappa shape index (κ2) is 7.66. The van der Waals surface area contributed by atoms with Gasteiger partial charge in [0.15, 0.2) is 5.82 Å². The Balaban J connectivity index is 1.69. The second-order valence-corrected chi connectivity index (χ2v) is 7.14. The molecule has 28 heavy (non-hydrogen) atoms. The largest absolute Gasteiger partial charge is 0.496 e. The van der Waals surface area contributed by atoms with Crippen molar-refractivity contribution in [1.82, 2.24) is 10.2 Å². The molecule has 3 N–H and O–H groups in total. The van der Waals surface area contributed by atoms with Gasteiger partial charge in [-0.2, -0.15) is 0 Å². The lowest BCUT2D eigenvalue weighted by atomic mass is 10.1. The third kappa shape index (κ3) is 3.52. The number of carbonyl (C=O) groups excluding carboxylic acids is 1. The quantitative estimate of drug-likeness (QED) is 0.516. The normalized spacial score (nSPS) is 10.8. The van der Waals surface area contributed by atoms with Crippen LogP contribution in [0.5, 0.6) is 5.75 Å². The number of hydrogen-bond donors (Lipinski definition) is 2. The van der Waals surface area contributed by atoms with E-state index in [1.165, 1.54) is 0 Å². The van der Waals surface area contributed by atoms with E-state index in [2.05, 4.69) is 15.5 Å². The van der Waals surface area contributed by atoms with Gasteiger partial charge >= 0.3 is 0 Å². The zero-order valence-electron chi connectivity index (χ0n) is 15.2. The number of amides is 1. The lowest BCUT2D eigenvalue weighted by Crippen LogP contribution is -2.13. The first-order valence-electron chi connectivity index (χ1n) is 8.67. The number of fused-ring (bicyclic) bond motifs is 1. The fourth-order valence-corrected chi connectivity index (χ4v) is 3.93. The van der Waals surface area contributed by atoms with Crippen LogP contribution in [0, 0.1) is 0 Å². The molecule has 4 aromatic rings. The molecular formula is C21H18N4O2S. The second-order valence-electron chi connectivity index (χ2n) is 6.23. The molecule has 0 saturated heterocycles. The van der Waals surface area contributed by atoms with Gasteiger partial charge in [-0.05, 0) is 41.3 Å². The molecule has 140 valence electrons. The highest BCUT2D eigenvalue weighted by Gasteiger charge is 2.15. The predicted octanol–water partition coefficient (Wildman–Crippen LogP) is 4.14. The summed E-state index contributed by atoms with van der Waals surface area (Å²) < 4.78 is 6.51. The van der Waals surface area contributed by atoms with Crippen molar-refractivity contribution in [1.29, 1.82) is 0 Å². The molecule has 0 radical (unpaired) electrons. The van der Waals surface area contributed by atoms with Crippen LogP contribution < -0.4 is 15.8 Å². The number of nitrogens with zero attached hydrogens (tertiary/aromatic N) is 2. The minimum atomic E-state index is -0.349. The van der Waals surface area contributed by atoms with Gasteiger partial charge in [0.25, 0.3) is 0 Å². The van der Waals surface area contributed by atoms with Crippen molar-refractivity contribution in [3.05, 3.63) is 65.5 Å². The Hall–Kier alpha value is -3.45. The van der Waals surface area contributed by atoms with Crippen LogP contribution in [0.4, 0.5) is 11.5 Å². The number of rotatable bonds is 6. The van der Waals surface area contributed by atoms with E-state index in [-0.39, 0.29) is 12.3 Å². The highest BCUT2D eigenvalue weighted by atomic mass is 32.1. The Morgan fingerprint density at radius 1 is 1.11 bits per heavy atom. The molecule has 2 aromatic carbocycles. The fraction of sp³-hybridized carbons (Fsp3) is 0.0952. The number of anilines is 2. The van der Waals surface area contributed by atoms with Crippen LogP contribution >= 0.6 is 11.3 Å². The van der Waals surface area contributed by atoms with E-state index in [1.54, 1.807) is 18.4 Å². The summed E-state index contributed by atoms with van der Waals surface area (Å²) in [6.07, 6.45) is 0.225. The molecule has 0 spiro atoms. The van der Waals surface area contributed by atoms with E-state index in [0.29, 0.717) is 5.82 Å². The number of para-hydroxylation sites is 1. The van der Waals surface area contributed by atoms with Crippen LogP contribution in [0.3, 0.4) is 0 Å². The Morgan fingerprint density at radius 3 is 2.64 bits per heavy atom. The maximum atomic E-state index is 11.0. The number of nitrogens with one attached hydrogen (secondary N) is 1. The first-order valence-corrected chi connectivity index (χ1v) is 9.55. The number of primary amides is 1. The topological polar surface area (TPSA) is 90.1 Å². The Morgan fingerprint density at radius 2 is 1.89 bits per heavy atom. The van der Waals surface area contributed by atoms with Crippen molar-refractivity contribution in [3.63, 3.8) is 0 Å². The first kappa shape index (κ1) is 17.9. The summed E-state index contributed by atoms with van der Waals surface area (Å²) in [5.41, 5.74) is 8.68. The van der Waals surface area contributed by atoms with Gasteiger partial charge in [0, 0.05) is 16.6 Å². The van der Waals surface area contributed by atoms with Gasteiger partial charge in [0.05, 0.1) is 18.2 Å². The lowest BCUT2D eigenvalue weighted by molar-refractivity contribution is -0.117. The van der Waals surface area contributed by atoms with Gasteiger partial charge in [0.2, 0.25) is 5.91 Å². The number of nitrogens with two attached hydrogens (primary N) is 1. The van der Waals surface area contributed by atoms with Crippen LogP contribution in [0.1, 0.15) is 5.56 Å². The molecule has 0 unspecified atom stereocenters. The summed E-state index contributed by atoms with van der Waals surface area (Å²) in [5, 5.41) is 15.2. The number of aromatic nitrogens is 2. The van der Waals surface area contributed by atoms with Gasteiger partial charge in [-0.1, -0.05) is 24.3 Å². The maximum absolute atomic E-state index is 11.0. The molecule has 1 amide bonds. The summed E-state index contributed by atoms with van der Waals surface area (Å²) in [6.45, 7) is 0. The number of thiophene rings is 1. The zero-order chi connectivity index (χ0) is 19.5. The van der Waals surface area contributed by atoms with E-state index in [0.717, 1.165) is 38.3 Å². The van der Waals surface area contributed by atoms with Crippen molar-refractivity contribution in [3.8, 4) is 17.0 Å². The molecular weight excluding hydrogens is 372 g/mol. The van der Waals surface area contributed by atoms with Crippen molar-refractivity contribution < 1.29 is 9.53 Å². The molecule has 0 saturated carbocycles. The number of benzene rings is 2. The Labute approximate surface area is 166 Å². The van der Waals surface area contributed by atoms with Crippen LogP contribution in [0.2, 0.25) is 0 Å². The van der Waals surface area contributed by atoms with E-state index in [1.807, 2.05) is 60.0 Å². The summed E-state index contributed by atoms with van der Waals surface area (Å²) in [5.74, 6) is 1.09. The van der Waals surface area contributed by atoms with Crippen LogP contribution in [0.15, 0.2) is 60.0 Å². The number of carbonyl (C=O) groups is 1. The van der Waals surface area contributed by atoms with Gasteiger partial charge in [-0.3, -0.25) is 4.79 Å². The molecule has 2 aromatic heterocycles. The highest BCUT2D eigenvalue weighted by Crippen LogP contribution is 2.38. The molecule has 0 fully saturated rings. The summed E-state index contributed by atoms with van der Waals surface area (Å²) >= 11 is 1.61. The van der Waals surface area contributed by atoms with Crippen LogP contribution in [-0.4, -0.2) is 23.2 Å². The van der Waals surface area contributed by atoms with E-state index in [4.69, 9.17) is 10.5 Å². The SMILES string of the molecule is COc1ccccc1-c1nnc(Nc2ccc(CC(N)=O)cc2)c2ccsc12. The van der Waals surface area contributed by atoms with Gasteiger partial charge in [0.1, 0.15) is 11.4 Å². The molecule has 4 rings (SSSR count). The monoisotopic (exact) mass is 390 g/mol. The summed E-state index contributed by atoms with van der Waals surface area (Å²) in [7, 11) is 1.65. The van der Waals surface area contributed by atoms with Crippen molar-refractivity contribution in [2.45, 2.75) is 6.42 Å². The fourth-order valence-electron chi connectivity index (χ4n) is 3.03. The smallest absolute Gasteiger partial charge is 0.221 e. The Bertz CT molecular complexity index is 1140. The molecule has 0 aliphatic carbocycles. The molecule has 0 atom stereocenters. The highest BCUT2D eigenvalue weighted by molar-refractivity contribution is 7.17. The van der Waals surface area contributed by atoms with Crippen LogP contribution in [-0.2, 0) is 11.2 Å². The van der Waals surface area contributed by atoms with Crippen molar-refractivity contribution >= 4 is 38.8 Å². The summed E-state index contributed by atoms with van der Waals surface area (Å²) in [4.78, 5) is 11.0. The molecule has 0 aliphatic rings. The maximum Gasteiger partial charge on any atom is 0.221 e. The molecule has 2 heterocycles. The van der Waals surface area contributed by atoms with Gasteiger partial charge in [-0.25, -0.2) is 0 Å². The number of ether oxygens (including phenoxy) is 1. The van der Waals surface area contributed by atoms with E-state index in [9.17, 15) is 4.79 Å². The van der Waals surface area contributed by atoms with Crippen molar-refractivity contribution in [2.24, 2.45) is 5.73 Å².